The van der Waals surface area contributed by atoms with E-state index in [0.29, 0.717) is 12.3 Å². The number of hydrogen-bond donors (Lipinski definition) is 1. The van der Waals surface area contributed by atoms with Gasteiger partial charge in [-0.25, -0.2) is 0 Å². The van der Waals surface area contributed by atoms with Crippen LogP contribution in [0.4, 0.5) is 0 Å². The van der Waals surface area contributed by atoms with E-state index >= 15 is 0 Å². The van der Waals surface area contributed by atoms with Crippen molar-refractivity contribution in [3.05, 3.63) is 35.9 Å². The molecule has 1 atom stereocenters. The maximum Gasteiger partial charge on any atom is 0.224 e. The number of benzene rings is 1. The Hall–Kier alpha value is -1.92. The molecule has 6 heteroatoms. The summed E-state index contributed by atoms with van der Waals surface area (Å²) in [5, 5.41) is 8.95. The van der Waals surface area contributed by atoms with Gasteiger partial charge in [-0.05, 0) is 30.7 Å². The van der Waals surface area contributed by atoms with Crippen LogP contribution in [0.3, 0.4) is 0 Å². The Morgan fingerprint density at radius 1 is 0.929 bits per heavy atom. The lowest BCUT2D eigenvalue weighted by Gasteiger charge is -2.36. The number of piperidine rings is 1. The predicted molar refractivity (Wildman–Crippen MR) is 109 cm³/mol. The van der Waals surface area contributed by atoms with E-state index < -0.39 is 0 Å². The standard InChI is InChI=1S/C22H33N3O3/c26-16-10-22(28)25-11-4-7-20(18-25)8-9-21(27)24-14-12-23(13-15-24)17-19-5-2-1-3-6-19/h1-3,5-6,20,26H,4,7-18H2/t20-/m0/s1. The molecule has 0 unspecified atom stereocenters. The molecule has 1 aromatic carbocycles. The Labute approximate surface area is 168 Å². The molecule has 2 heterocycles. The third-order valence-electron chi connectivity index (χ3n) is 5.94. The second-order valence-corrected chi connectivity index (χ2v) is 8.00. The molecule has 2 aliphatic heterocycles. The number of likely N-dealkylation sites (tertiary alicyclic amines) is 1. The van der Waals surface area contributed by atoms with Gasteiger partial charge in [0.15, 0.2) is 0 Å². The summed E-state index contributed by atoms with van der Waals surface area (Å²) in [6, 6.07) is 10.5. The molecule has 0 radical (unpaired) electrons. The summed E-state index contributed by atoms with van der Waals surface area (Å²) in [7, 11) is 0. The predicted octanol–water partition coefficient (Wildman–Crippen LogP) is 1.73. The summed E-state index contributed by atoms with van der Waals surface area (Å²) in [6.45, 7) is 5.83. The van der Waals surface area contributed by atoms with E-state index in [0.717, 1.165) is 65.1 Å². The fourth-order valence-corrected chi connectivity index (χ4v) is 4.26. The third-order valence-corrected chi connectivity index (χ3v) is 5.94. The van der Waals surface area contributed by atoms with Crippen LogP contribution >= 0.6 is 0 Å². The zero-order chi connectivity index (χ0) is 19.8. The highest BCUT2D eigenvalue weighted by Crippen LogP contribution is 2.22. The first-order valence-corrected chi connectivity index (χ1v) is 10.6. The number of aliphatic hydroxyl groups excluding tert-OH is 1. The lowest BCUT2D eigenvalue weighted by atomic mass is 9.93. The Morgan fingerprint density at radius 2 is 1.64 bits per heavy atom. The highest BCUT2D eigenvalue weighted by atomic mass is 16.3. The van der Waals surface area contributed by atoms with E-state index in [1.54, 1.807) is 0 Å². The number of amides is 2. The normalized spacial score (nSPS) is 21.0. The van der Waals surface area contributed by atoms with Gasteiger partial charge in [0.1, 0.15) is 0 Å². The van der Waals surface area contributed by atoms with E-state index in [1.807, 2.05) is 15.9 Å². The molecule has 2 saturated heterocycles. The number of aliphatic hydroxyl groups is 1. The van der Waals surface area contributed by atoms with Gasteiger partial charge in [0.2, 0.25) is 11.8 Å². The summed E-state index contributed by atoms with van der Waals surface area (Å²) in [5.74, 6) is 0.686. The Kier molecular flexibility index (Phi) is 7.86. The summed E-state index contributed by atoms with van der Waals surface area (Å²) >= 11 is 0. The van der Waals surface area contributed by atoms with Crippen LogP contribution in [0, 0.1) is 5.92 Å². The SMILES string of the molecule is O=C(CC[C@@H]1CCCN(C(=O)CCO)C1)N1CCN(Cc2ccccc2)CC1. The van der Waals surface area contributed by atoms with Gasteiger partial charge >= 0.3 is 0 Å². The Morgan fingerprint density at radius 3 is 2.36 bits per heavy atom. The van der Waals surface area contributed by atoms with Crippen LogP contribution < -0.4 is 0 Å². The molecule has 0 spiro atoms. The van der Waals surface area contributed by atoms with Crippen molar-refractivity contribution in [2.75, 3.05) is 45.9 Å². The zero-order valence-corrected chi connectivity index (χ0v) is 16.8. The van der Waals surface area contributed by atoms with E-state index in [4.69, 9.17) is 5.11 Å². The van der Waals surface area contributed by atoms with Gasteiger partial charge in [0, 0.05) is 58.7 Å². The van der Waals surface area contributed by atoms with Crippen LogP contribution in [0.1, 0.15) is 37.7 Å². The van der Waals surface area contributed by atoms with Crippen molar-refractivity contribution in [2.24, 2.45) is 5.92 Å². The molecule has 0 saturated carbocycles. The topological polar surface area (TPSA) is 64.1 Å². The molecule has 1 aromatic rings. The van der Waals surface area contributed by atoms with Crippen LogP contribution in [-0.4, -0.2) is 77.5 Å². The number of hydrogen-bond acceptors (Lipinski definition) is 4. The number of nitrogens with zero attached hydrogens (tertiary/aromatic N) is 3. The average molecular weight is 388 g/mol. The molecule has 0 aliphatic carbocycles. The highest BCUT2D eigenvalue weighted by Gasteiger charge is 2.25. The highest BCUT2D eigenvalue weighted by molar-refractivity contribution is 5.77. The van der Waals surface area contributed by atoms with Gasteiger partial charge in [-0.15, -0.1) is 0 Å². The molecule has 0 aromatic heterocycles. The quantitative estimate of drug-likeness (QED) is 0.774. The molecular weight excluding hydrogens is 354 g/mol. The monoisotopic (exact) mass is 387 g/mol. The molecule has 2 amide bonds. The smallest absolute Gasteiger partial charge is 0.224 e. The summed E-state index contributed by atoms with van der Waals surface area (Å²) in [5.41, 5.74) is 1.32. The minimum atomic E-state index is -0.0886. The Bertz CT molecular complexity index is 629. The number of carbonyl (C=O) groups excluding carboxylic acids is 2. The fourth-order valence-electron chi connectivity index (χ4n) is 4.26. The molecule has 28 heavy (non-hydrogen) atoms. The second-order valence-electron chi connectivity index (χ2n) is 8.00. The van der Waals surface area contributed by atoms with Crippen LogP contribution in [-0.2, 0) is 16.1 Å². The van der Waals surface area contributed by atoms with Gasteiger partial charge in [-0.1, -0.05) is 30.3 Å². The van der Waals surface area contributed by atoms with Gasteiger partial charge in [0.25, 0.3) is 0 Å². The summed E-state index contributed by atoms with van der Waals surface area (Å²) < 4.78 is 0. The molecule has 3 rings (SSSR count). The van der Waals surface area contributed by atoms with E-state index in [1.165, 1.54) is 5.56 Å². The third kappa shape index (κ3) is 6.04. The van der Waals surface area contributed by atoms with Crippen molar-refractivity contribution in [1.82, 2.24) is 14.7 Å². The molecule has 2 aliphatic rings. The van der Waals surface area contributed by atoms with Crippen molar-refractivity contribution in [3.63, 3.8) is 0 Å². The first kappa shape index (κ1) is 20.8. The van der Waals surface area contributed by atoms with Crippen LogP contribution in [0.25, 0.3) is 0 Å². The minimum absolute atomic E-state index is 0.0352. The van der Waals surface area contributed by atoms with Crippen LogP contribution in [0.15, 0.2) is 30.3 Å². The average Bonchev–Trinajstić information content (AvgIpc) is 2.74. The van der Waals surface area contributed by atoms with Crippen molar-refractivity contribution >= 4 is 11.8 Å². The number of piperazine rings is 1. The Balaban J connectivity index is 1.37. The summed E-state index contributed by atoms with van der Waals surface area (Å²) in [4.78, 5) is 30.9. The molecule has 6 nitrogen and oxygen atoms in total. The van der Waals surface area contributed by atoms with Gasteiger partial charge in [-0.3, -0.25) is 14.5 Å². The largest absolute Gasteiger partial charge is 0.396 e. The van der Waals surface area contributed by atoms with E-state index in [-0.39, 0.29) is 24.8 Å². The molecule has 1 N–H and O–H groups in total. The van der Waals surface area contributed by atoms with E-state index in [2.05, 4.69) is 29.2 Å². The maximum absolute atomic E-state index is 12.6. The minimum Gasteiger partial charge on any atom is -0.396 e. The maximum atomic E-state index is 12.6. The number of rotatable bonds is 7. The summed E-state index contributed by atoms with van der Waals surface area (Å²) in [6.07, 6.45) is 3.71. The van der Waals surface area contributed by atoms with Crippen LogP contribution in [0.5, 0.6) is 0 Å². The van der Waals surface area contributed by atoms with E-state index in [9.17, 15) is 9.59 Å². The zero-order valence-electron chi connectivity index (χ0n) is 16.8. The first-order valence-electron chi connectivity index (χ1n) is 10.6. The molecule has 0 bridgehead atoms. The first-order chi connectivity index (χ1) is 13.7. The van der Waals surface area contributed by atoms with Crippen LogP contribution in [0.2, 0.25) is 0 Å². The van der Waals surface area contributed by atoms with Crippen molar-refractivity contribution in [2.45, 2.75) is 38.6 Å². The lowest BCUT2D eigenvalue weighted by molar-refractivity contribution is -0.134. The fraction of sp³-hybridized carbons (Fsp3) is 0.636. The van der Waals surface area contributed by atoms with Gasteiger partial charge < -0.3 is 14.9 Å². The van der Waals surface area contributed by atoms with Crippen molar-refractivity contribution in [1.29, 1.82) is 0 Å². The van der Waals surface area contributed by atoms with Gasteiger partial charge in [0.05, 0.1) is 6.61 Å². The molecule has 2 fully saturated rings. The van der Waals surface area contributed by atoms with Crippen molar-refractivity contribution < 1.29 is 14.7 Å². The lowest BCUT2D eigenvalue weighted by Crippen LogP contribution is -2.48. The molecular formula is C22H33N3O3. The van der Waals surface area contributed by atoms with Crippen molar-refractivity contribution in [3.8, 4) is 0 Å². The molecule has 154 valence electrons. The van der Waals surface area contributed by atoms with Gasteiger partial charge in [-0.2, -0.15) is 0 Å². The second kappa shape index (κ2) is 10.6. The number of carbonyl (C=O) groups is 2.